The lowest BCUT2D eigenvalue weighted by Gasteiger charge is -2.14. The van der Waals surface area contributed by atoms with Crippen LogP contribution in [0, 0.1) is 17.2 Å². The molecule has 0 radical (unpaired) electrons. The molecule has 0 amide bonds. The molecule has 1 saturated heterocycles. The summed E-state index contributed by atoms with van der Waals surface area (Å²) >= 11 is 2.88. The summed E-state index contributed by atoms with van der Waals surface area (Å²) in [6.07, 6.45) is 2.19. The van der Waals surface area contributed by atoms with E-state index in [1.165, 1.54) is 11.8 Å². The van der Waals surface area contributed by atoms with Gasteiger partial charge in [-0.25, -0.2) is 0 Å². The number of allylic oxidation sites excluding steroid dienone is 1. The van der Waals surface area contributed by atoms with Crippen LogP contribution < -0.4 is 5.73 Å². The van der Waals surface area contributed by atoms with Crippen LogP contribution in [0.1, 0.15) is 12.8 Å². The van der Waals surface area contributed by atoms with E-state index in [4.69, 9.17) is 10.00 Å². The first-order valence-corrected chi connectivity index (χ1v) is 10.1. The summed E-state index contributed by atoms with van der Waals surface area (Å²) < 4.78 is 7.77. The maximum absolute atomic E-state index is 12.3. The van der Waals surface area contributed by atoms with E-state index >= 15 is 0 Å². The van der Waals surface area contributed by atoms with E-state index in [9.17, 15) is 4.79 Å². The number of ketones is 1. The van der Waals surface area contributed by atoms with Gasteiger partial charge in [0.05, 0.1) is 29.3 Å². The first-order valence-electron chi connectivity index (χ1n) is 8.24. The molecular formula is C17H20N5O2S2+. The third-order valence-corrected chi connectivity index (χ3v) is 5.93. The van der Waals surface area contributed by atoms with Crippen molar-refractivity contribution in [3.63, 3.8) is 0 Å². The van der Waals surface area contributed by atoms with Gasteiger partial charge in [0.15, 0.2) is 22.7 Å². The zero-order valence-electron chi connectivity index (χ0n) is 14.3. The van der Waals surface area contributed by atoms with Gasteiger partial charge >= 0.3 is 0 Å². The summed E-state index contributed by atoms with van der Waals surface area (Å²) in [5, 5.41) is 20.3. The van der Waals surface area contributed by atoms with Crippen molar-refractivity contribution >= 4 is 28.9 Å². The number of Topliss-reactive ketones (excluding diaryl/α,β-unsaturated/α-hetero) is 1. The number of thiophene rings is 1. The predicted molar refractivity (Wildman–Crippen MR) is 99.2 cm³/mol. The molecule has 9 heteroatoms. The summed E-state index contributed by atoms with van der Waals surface area (Å²) in [6.45, 7) is 5.04. The maximum atomic E-state index is 12.3. The van der Waals surface area contributed by atoms with Crippen LogP contribution in [0.3, 0.4) is 0 Å². The van der Waals surface area contributed by atoms with Crippen molar-refractivity contribution in [3.05, 3.63) is 29.8 Å². The summed E-state index contributed by atoms with van der Waals surface area (Å²) in [5.41, 5.74) is 3.93. The van der Waals surface area contributed by atoms with Crippen molar-refractivity contribution in [3.8, 4) is 16.8 Å². The molecule has 3 N–H and O–H groups in total. The topological polar surface area (TPSA) is 108 Å². The van der Waals surface area contributed by atoms with E-state index in [2.05, 4.69) is 22.5 Å². The highest BCUT2D eigenvalue weighted by Crippen LogP contribution is 2.29. The third kappa shape index (κ3) is 4.22. The Labute approximate surface area is 159 Å². The van der Waals surface area contributed by atoms with Crippen LogP contribution in [-0.4, -0.2) is 39.0 Å². The fraction of sp³-hybridized carbons (Fsp3) is 0.412. The zero-order valence-corrected chi connectivity index (χ0v) is 15.9. The van der Waals surface area contributed by atoms with Gasteiger partial charge in [0, 0.05) is 6.61 Å². The number of nitriles is 1. The van der Waals surface area contributed by atoms with Crippen molar-refractivity contribution in [2.45, 2.75) is 30.6 Å². The highest BCUT2D eigenvalue weighted by Gasteiger charge is 2.25. The number of hydrogen-bond donors (Lipinski definition) is 1. The van der Waals surface area contributed by atoms with Crippen LogP contribution in [0.15, 0.2) is 34.9 Å². The van der Waals surface area contributed by atoms with Crippen LogP contribution in [0.5, 0.6) is 0 Å². The number of nitrogens with zero attached hydrogens (tertiary/aromatic N) is 4. The van der Waals surface area contributed by atoms with Gasteiger partial charge in [0.2, 0.25) is 0 Å². The summed E-state index contributed by atoms with van der Waals surface area (Å²) in [7, 11) is 0. The highest BCUT2D eigenvalue weighted by atomic mass is 32.2. The minimum atomic E-state index is -0.881. The monoisotopic (exact) mass is 390 g/mol. The normalized spacial score (nSPS) is 17.8. The number of hydrogen-bond acceptors (Lipinski definition) is 7. The molecule has 0 aliphatic carbocycles. The molecular weight excluding hydrogens is 370 g/mol. The average molecular weight is 391 g/mol. The quantitative estimate of drug-likeness (QED) is 0.688. The Kier molecular flexibility index (Phi) is 6.21. The van der Waals surface area contributed by atoms with E-state index in [-0.39, 0.29) is 17.6 Å². The van der Waals surface area contributed by atoms with Gasteiger partial charge in [-0.05, 0) is 30.9 Å². The molecule has 136 valence electrons. The number of aromatic nitrogens is 3. The Hall–Kier alpha value is -1.99. The fourth-order valence-corrected chi connectivity index (χ4v) is 4.32. The lowest BCUT2D eigenvalue weighted by atomic mass is 10.1. The second-order valence-corrected chi connectivity index (χ2v) is 7.89. The van der Waals surface area contributed by atoms with E-state index in [0.717, 1.165) is 30.2 Å². The maximum Gasteiger partial charge on any atom is 0.192 e. The minimum absolute atomic E-state index is 0.126. The second kappa shape index (κ2) is 8.60. The standard InChI is InChI=1S/C17H19N5O2S2/c1-11(19)13(8-18)14(23)10-26-17-21-20-16(15-5-3-7-25-15)22(17)9-12-4-2-6-24-12/h3,5,7,12-13H,1-2,4,6,9-10,19H2/p+1/t12-,13-/m1/s1. The molecule has 3 heterocycles. The van der Waals surface area contributed by atoms with Gasteiger partial charge in [-0.2, -0.15) is 5.26 Å². The van der Waals surface area contributed by atoms with Crippen molar-refractivity contribution in [1.29, 1.82) is 5.26 Å². The van der Waals surface area contributed by atoms with Crippen LogP contribution in [0.4, 0.5) is 0 Å². The Morgan fingerprint density at radius 3 is 3.08 bits per heavy atom. The van der Waals surface area contributed by atoms with E-state index in [1.54, 1.807) is 11.3 Å². The third-order valence-electron chi connectivity index (χ3n) is 4.07. The molecule has 1 aliphatic heterocycles. The number of rotatable bonds is 8. The molecule has 2 aromatic rings. The van der Waals surface area contributed by atoms with Gasteiger partial charge in [0.1, 0.15) is 5.70 Å². The molecule has 0 aromatic carbocycles. The number of thioether (sulfide) groups is 1. The molecule has 7 nitrogen and oxygen atoms in total. The molecule has 0 unspecified atom stereocenters. The highest BCUT2D eigenvalue weighted by molar-refractivity contribution is 7.99. The molecule has 26 heavy (non-hydrogen) atoms. The minimum Gasteiger partial charge on any atom is -0.376 e. The Bertz CT molecular complexity index is 819. The second-order valence-electron chi connectivity index (χ2n) is 6.00. The van der Waals surface area contributed by atoms with Crippen LogP contribution in [0.25, 0.3) is 10.7 Å². The number of ether oxygens (including phenoxy) is 1. The molecule has 1 aliphatic rings. The predicted octanol–water partition coefficient (Wildman–Crippen LogP) is 1.74. The van der Waals surface area contributed by atoms with E-state index in [1.807, 2.05) is 28.1 Å². The SMILES string of the molecule is C=C([NH3+])[C@@H](C#N)C(=O)CSc1nnc(-c2cccs2)n1C[C@H]1CCCO1. The number of carbonyl (C=O) groups is 1. The van der Waals surface area contributed by atoms with Gasteiger partial charge in [0.25, 0.3) is 0 Å². The summed E-state index contributed by atoms with van der Waals surface area (Å²) in [6, 6.07) is 5.92. The Balaban J connectivity index is 1.79. The van der Waals surface area contributed by atoms with Crippen LogP contribution in [0.2, 0.25) is 0 Å². The molecule has 2 atom stereocenters. The van der Waals surface area contributed by atoms with Crippen molar-refractivity contribution in [1.82, 2.24) is 14.8 Å². The largest absolute Gasteiger partial charge is 0.376 e. The van der Waals surface area contributed by atoms with Crippen molar-refractivity contribution in [2.75, 3.05) is 12.4 Å². The number of quaternary nitrogens is 1. The van der Waals surface area contributed by atoms with E-state index in [0.29, 0.717) is 17.4 Å². The molecule has 0 spiro atoms. The Morgan fingerprint density at radius 2 is 2.46 bits per heavy atom. The fourth-order valence-electron chi connectivity index (χ4n) is 2.75. The van der Waals surface area contributed by atoms with Gasteiger partial charge in [-0.15, -0.1) is 21.5 Å². The first kappa shape index (κ1) is 18.8. The van der Waals surface area contributed by atoms with E-state index < -0.39 is 5.92 Å². The Morgan fingerprint density at radius 1 is 1.62 bits per heavy atom. The lowest BCUT2D eigenvalue weighted by molar-refractivity contribution is -0.309. The van der Waals surface area contributed by atoms with Gasteiger partial charge in [-0.3, -0.25) is 9.36 Å². The van der Waals surface area contributed by atoms with Crippen molar-refractivity contribution < 1.29 is 15.3 Å². The van der Waals surface area contributed by atoms with Crippen molar-refractivity contribution in [2.24, 2.45) is 5.92 Å². The summed E-state index contributed by atoms with van der Waals surface area (Å²) in [5.74, 6) is -0.194. The van der Waals surface area contributed by atoms with Crippen LogP contribution >= 0.6 is 23.1 Å². The molecule has 2 aromatic heterocycles. The molecule has 1 fully saturated rings. The average Bonchev–Trinajstić information content (AvgIpc) is 3.36. The van der Waals surface area contributed by atoms with Gasteiger partial charge < -0.3 is 10.5 Å². The first-order chi connectivity index (χ1) is 12.6. The zero-order chi connectivity index (χ0) is 18.5. The summed E-state index contributed by atoms with van der Waals surface area (Å²) in [4.78, 5) is 13.3. The smallest absolute Gasteiger partial charge is 0.192 e. The lowest BCUT2D eigenvalue weighted by Crippen LogP contribution is -2.51. The molecule has 3 rings (SSSR count). The number of carbonyl (C=O) groups excluding carboxylic acids is 1. The molecule has 0 saturated carbocycles. The van der Waals surface area contributed by atoms with Crippen LogP contribution in [-0.2, 0) is 16.1 Å². The molecule has 0 bridgehead atoms. The van der Waals surface area contributed by atoms with Gasteiger partial charge in [-0.1, -0.05) is 17.8 Å².